The van der Waals surface area contributed by atoms with Gasteiger partial charge in [-0.1, -0.05) is 5.21 Å². The molecule has 0 saturated heterocycles. The predicted molar refractivity (Wildman–Crippen MR) is 98.6 cm³/mol. The molecule has 140 valence electrons. The van der Waals surface area contributed by atoms with Crippen LogP contribution in [-0.4, -0.2) is 45.0 Å². The van der Waals surface area contributed by atoms with Crippen LogP contribution in [0.4, 0.5) is 0 Å². The van der Waals surface area contributed by atoms with E-state index in [0.717, 1.165) is 5.56 Å². The number of aromatic nitrogens is 3. The monoisotopic (exact) mass is 389 g/mol. The molecule has 0 unspecified atom stereocenters. The second-order valence-electron chi connectivity index (χ2n) is 5.69. The zero-order valence-electron chi connectivity index (χ0n) is 14.3. The van der Waals surface area contributed by atoms with Gasteiger partial charge in [0.2, 0.25) is 12.5 Å². The van der Waals surface area contributed by atoms with Crippen LogP contribution in [0.1, 0.15) is 0 Å². The largest absolute Gasteiger partial charge is 0.493 e. The maximum Gasteiger partial charge on any atom is 0.297 e. The van der Waals surface area contributed by atoms with E-state index in [2.05, 4.69) is 16.6 Å². The first kappa shape index (κ1) is 17.4. The third kappa shape index (κ3) is 3.48. The molecule has 0 saturated carbocycles. The van der Waals surface area contributed by atoms with Crippen LogP contribution >= 0.6 is 7.57 Å². The number of hydrogen-bond acceptors (Lipinski definition) is 8. The molecule has 1 aromatic heterocycles. The molecule has 0 atom stereocenters. The zero-order chi connectivity index (χ0) is 19.0. The van der Waals surface area contributed by atoms with E-state index in [1.807, 2.05) is 0 Å². The van der Waals surface area contributed by atoms with Crippen molar-refractivity contribution in [1.82, 2.24) is 15.0 Å². The first-order chi connectivity index (χ1) is 12.9. The van der Waals surface area contributed by atoms with Crippen molar-refractivity contribution in [2.24, 2.45) is 0 Å². The van der Waals surface area contributed by atoms with Crippen molar-refractivity contribution in [2.45, 2.75) is 0 Å². The van der Waals surface area contributed by atoms with Gasteiger partial charge in [0, 0.05) is 17.7 Å². The maximum absolute atomic E-state index is 9.32. The quantitative estimate of drug-likeness (QED) is 0.640. The van der Waals surface area contributed by atoms with Crippen molar-refractivity contribution < 1.29 is 28.5 Å². The predicted octanol–water partition coefficient (Wildman–Crippen LogP) is 2.23. The van der Waals surface area contributed by atoms with Crippen LogP contribution in [0.5, 0.6) is 23.0 Å². The van der Waals surface area contributed by atoms with Crippen molar-refractivity contribution in [3.63, 3.8) is 0 Å². The van der Waals surface area contributed by atoms with Crippen molar-refractivity contribution in [1.29, 1.82) is 0 Å². The van der Waals surface area contributed by atoms with Crippen LogP contribution in [-0.2, 0) is 0 Å². The van der Waals surface area contributed by atoms with E-state index in [1.165, 1.54) is 0 Å². The van der Waals surface area contributed by atoms with Crippen molar-refractivity contribution in [2.75, 3.05) is 13.9 Å². The molecule has 0 bridgehead atoms. The molecule has 1 aliphatic heterocycles. The van der Waals surface area contributed by atoms with Crippen LogP contribution in [0.3, 0.4) is 0 Å². The average molecular weight is 389 g/mol. The van der Waals surface area contributed by atoms with Gasteiger partial charge in [0.15, 0.2) is 11.5 Å². The summed E-state index contributed by atoms with van der Waals surface area (Å²) in [5, 5.41) is 8.13. The van der Waals surface area contributed by atoms with Crippen LogP contribution in [0.25, 0.3) is 16.9 Å². The molecule has 0 amide bonds. The molecule has 2 N–H and O–H groups in total. The van der Waals surface area contributed by atoms with Gasteiger partial charge in [0.25, 0.3) is 7.57 Å². The topological polar surface area (TPSA) is 108 Å². The zero-order valence-corrected chi connectivity index (χ0v) is 15.2. The Balaban J connectivity index is 1.71. The second kappa shape index (κ2) is 6.62. The fraction of sp³-hybridized carbons (Fsp3) is 0.118. The molecule has 4 rings (SSSR count). The Hall–Kier alpha value is -3.00. The SMILES string of the molecule is C=P(O)(O)Oc1ccc(-c2cnnn2-c2cc(OC)c3c(c2)OCO3)cc1. The standard InChI is InChI=1S/C17H16N3O6P/c1-23-15-7-12(8-16-17(15)25-10-24-16)20-14(9-18-19-20)11-3-5-13(6-4-11)26-27(2,21)22/h3-9,21-22H,2,10H2,1H3. The summed E-state index contributed by atoms with van der Waals surface area (Å²) in [7, 11) is -2.06. The van der Waals surface area contributed by atoms with E-state index >= 15 is 0 Å². The Morgan fingerprint density at radius 3 is 2.67 bits per heavy atom. The highest BCUT2D eigenvalue weighted by Gasteiger charge is 2.22. The third-order valence-electron chi connectivity index (χ3n) is 3.84. The Bertz CT molecular complexity index is 1030. The fourth-order valence-electron chi connectivity index (χ4n) is 2.72. The van der Waals surface area contributed by atoms with Gasteiger partial charge in [-0.25, -0.2) is 4.68 Å². The van der Waals surface area contributed by atoms with E-state index in [-0.39, 0.29) is 6.79 Å². The molecule has 0 aliphatic carbocycles. The summed E-state index contributed by atoms with van der Waals surface area (Å²) in [5.41, 5.74) is 2.20. The van der Waals surface area contributed by atoms with E-state index < -0.39 is 7.57 Å². The highest BCUT2D eigenvalue weighted by molar-refractivity contribution is 7.58. The first-order valence-corrected chi connectivity index (χ1v) is 9.62. The molecule has 2 aromatic carbocycles. The highest BCUT2D eigenvalue weighted by atomic mass is 31.2. The molecule has 0 fully saturated rings. The van der Waals surface area contributed by atoms with E-state index in [0.29, 0.717) is 34.4 Å². The summed E-state index contributed by atoms with van der Waals surface area (Å²) in [5.74, 6) is 1.95. The van der Waals surface area contributed by atoms with Gasteiger partial charge in [0.1, 0.15) is 5.75 Å². The Morgan fingerprint density at radius 1 is 1.19 bits per heavy atom. The minimum atomic E-state index is -3.61. The highest BCUT2D eigenvalue weighted by Crippen LogP contribution is 2.43. The normalized spacial score (nSPS) is 12.9. The van der Waals surface area contributed by atoms with E-state index in [1.54, 1.807) is 54.4 Å². The summed E-state index contributed by atoms with van der Waals surface area (Å²) < 4.78 is 22.9. The molecule has 2 heterocycles. The van der Waals surface area contributed by atoms with Crippen LogP contribution < -0.4 is 18.7 Å². The lowest BCUT2D eigenvalue weighted by atomic mass is 10.1. The number of nitrogens with zero attached hydrogens (tertiary/aromatic N) is 3. The van der Waals surface area contributed by atoms with Crippen molar-refractivity contribution in [3.05, 3.63) is 42.6 Å². The third-order valence-corrected chi connectivity index (χ3v) is 4.34. The summed E-state index contributed by atoms with van der Waals surface area (Å²) >= 11 is 0. The molecule has 3 aromatic rings. The van der Waals surface area contributed by atoms with Gasteiger partial charge in [-0.2, -0.15) is 0 Å². The van der Waals surface area contributed by atoms with Gasteiger partial charge < -0.3 is 28.5 Å². The Morgan fingerprint density at radius 2 is 1.96 bits per heavy atom. The van der Waals surface area contributed by atoms with E-state index in [9.17, 15) is 9.79 Å². The molecule has 9 nitrogen and oxygen atoms in total. The fourth-order valence-corrected chi connectivity index (χ4v) is 3.18. The minimum Gasteiger partial charge on any atom is -0.493 e. The number of methoxy groups -OCH3 is 1. The number of ether oxygens (including phenoxy) is 3. The summed E-state index contributed by atoms with van der Waals surface area (Å²) in [4.78, 5) is 18.6. The van der Waals surface area contributed by atoms with E-state index in [4.69, 9.17) is 18.7 Å². The lowest BCUT2D eigenvalue weighted by molar-refractivity contribution is 0.171. The Kier molecular flexibility index (Phi) is 4.27. The van der Waals surface area contributed by atoms with Crippen molar-refractivity contribution >= 4 is 13.9 Å². The number of fused-ring (bicyclic) bond motifs is 1. The van der Waals surface area contributed by atoms with Gasteiger partial charge in [-0.15, -0.1) is 5.10 Å². The Labute approximate surface area is 154 Å². The average Bonchev–Trinajstić information content (AvgIpc) is 3.29. The van der Waals surface area contributed by atoms with Gasteiger partial charge in [-0.3, -0.25) is 0 Å². The number of rotatable bonds is 5. The molecule has 27 heavy (non-hydrogen) atoms. The molecule has 0 spiro atoms. The van der Waals surface area contributed by atoms with Gasteiger partial charge in [-0.05, 0) is 30.6 Å². The summed E-state index contributed by atoms with van der Waals surface area (Å²) in [6.07, 6.45) is 4.79. The van der Waals surface area contributed by atoms with Crippen molar-refractivity contribution in [3.8, 4) is 39.9 Å². The molecular formula is C17H16N3O6P. The minimum absolute atomic E-state index is 0.132. The number of hydrogen-bond donors (Lipinski definition) is 2. The maximum atomic E-state index is 9.32. The van der Waals surface area contributed by atoms with Crippen LogP contribution in [0.15, 0.2) is 42.6 Å². The molecular weight excluding hydrogens is 373 g/mol. The molecule has 10 heteroatoms. The lowest BCUT2D eigenvalue weighted by Gasteiger charge is -2.13. The smallest absolute Gasteiger partial charge is 0.297 e. The van der Waals surface area contributed by atoms with Crippen LogP contribution in [0.2, 0.25) is 0 Å². The summed E-state index contributed by atoms with van der Waals surface area (Å²) in [6.45, 7) is 0.132. The lowest BCUT2D eigenvalue weighted by Crippen LogP contribution is -2.00. The molecule has 0 radical (unpaired) electrons. The second-order valence-corrected chi connectivity index (χ2v) is 7.21. The molecule has 1 aliphatic rings. The van der Waals surface area contributed by atoms with Gasteiger partial charge >= 0.3 is 0 Å². The van der Waals surface area contributed by atoms with Crippen LogP contribution in [0, 0.1) is 0 Å². The van der Waals surface area contributed by atoms with Gasteiger partial charge in [0.05, 0.1) is 24.7 Å². The first-order valence-electron chi connectivity index (χ1n) is 7.82. The summed E-state index contributed by atoms with van der Waals surface area (Å²) in [6, 6.07) is 10.3. The number of benzene rings is 2.